The Balaban J connectivity index is 1.59. The third-order valence-electron chi connectivity index (χ3n) is 5.12. The van der Waals surface area contributed by atoms with Crippen LogP contribution in [0.5, 0.6) is 0 Å². The molecular weight excluding hydrogens is 456 g/mol. The molecule has 1 aliphatic rings. The monoisotopic (exact) mass is 473 g/mol. The van der Waals surface area contributed by atoms with Gasteiger partial charge in [-0.05, 0) is 50.1 Å². The standard InChI is InChI=1S/C23H18Cl2FN3O3/c1-12-20-17(28-29-22(30)14-5-2-3-6-16(14)26)7-4-8-19(20)32-21(12)23(31)27-18-11-13(24)9-10-15(18)25/h2-3,5-6,9-11H,4,7-8H2,1H3,(H,27,31)(H,29,30)/b28-17+. The van der Waals surface area contributed by atoms with Gasteiger partial charge in [0.25, 0.3) is 11.8 Å². The van der Waals surface area contributed by atoms with Gasteiger partial charge in [0.1, 0.15) is 11.6 Å². The quantitative estimate of drug-likeness (QED) is 0.472. The number of furan rings is 1. The first-order valence-electron chi connectivity index (χ1n) is 9.85. The SMILES string of the molecule is Cc1c(C(=O)Nc2cc(Cl)ccc2Cl)oc2c1/C(=N/NC(=O)c1ccccc1F)CCC2. The molecule has 0 spiro atoms. The van der Waals surface area contributed by atoms with Gasteiger partial charge in [-0.3, -0.25) is 9.59 Å². The summed E-state index contributed by atoms with van der Waals surface area (Å²) in [6.07, 6.45) is 1.93. The number of benzene rings is 2. The lowest BCUT2D eigenvalue weighted by Gasteiger charge is -2.13. The van der Waals surface area contributed by atoms with Crippen molar-refractivity contribution in [2.75, 3.05) is 5.32 Å². The molecule has 2 N–H and O–H groups in total. The molecular formula is C23H18Cl2FN3O3. The number of amides is 2. The molecule has 32 heavy (non-hydrogen) atoms. The molecule has 0 saturated heterocycles. The van der Waals surface area contributed by atoms with Gasteiger partial charge in [-0.25, -0.2) is 9.82 Å². The molecule has 0 aliphatic heterocycles. The minimum atomic E-state index is -0.655. The van der Waals surface area contributed by atoms with E-state index in [1.165, 1.54) is 18.2 Å². The van der Waals surface area contributed by atoms with Crippen molar-refractivity contribution in [2.24, 2.45) is 5.10 Å². The molecule has 1 aliphatic carbocycles. The molecule has 3 aromatic rings. The number of fused-ring (bicyclic) bond motifs is 1. The van der Waals surface area contributed by atoms with Crippen molar-refractivity contribution in [1.82, 2.24) is 5.43 Å². The molecule has 6 nitrogen and oxygen atoms in total. The predicted octanol–water partition coefficient (Wildman–Crippen LogP) is 5.76. The molecule has 1 aromatic heterocycles. The number of nitrogens with zero attached hydrogens (tertiary/aromatic N) is 1. The van der Waals surface area contributed by atoms with E-state index in [0.29, 0.717) is 51.2 Å². The Morgan fingerprint density at radius 2 is 1.88 bits per heavy atom. The first-order valence-corrected chi connectivity index (χ1v) is 10.6. The van der Waals surface area contributed by atoms with Crippen molar-refractivity contribution >= 4 is 46.4 Å². The van der Waals surface area contributed by atoms with Crippen molar-refractivity contribution in [3.63, 3.8) is 0 Å². The number of hydrogen-bond acceptors (Lipinski definition) is 4. The Bertz CT molecular complexity index is 1250. The minimum Gasteiger partial charge on any atom is -0.455 e. The molecule has 0 fully saturated rings. The summed E-state index contributed by atoms with van der Waals surface area (Å²) in [6.45, 7) is 1.75. The normalized spacial score (nSPS) is 14.2. The van der Waals surface area contributed by atoms with Crippen LogP contribution in [0.1, 0.15) is 50.6 Å². The van der Waals surface area contributed by atoms with Crippen molar-refractivity contribution in [1.29, 1.82) is 0 Å². The summed E-state index contributed by atoms with van der Waals surface area (Å²) in [5.74, 6) is -1.03. The van der Waals surface area contributed by atoms with Gasteiger partial charge < -0.3 is 9.73 Å². The van der Waals surface area contributed by atoms with Crippen molar-refractivity contribution in [3.8, 4) is 0 Å². The van der Waals surface area contributed by atoms with Crippen LogP contribution in [0, 0.1) is 12.7 Å². The number of carbonyl (C=O) groups is 2. The third-order valence-corrected chi connectivity index (χ3v) is 5.68. The number of hydrogen-bond donors (Lipinski definition) is 2. The Kier molecular flexibility index (Phi) is 6.30. The predicted molar refractivity (Wildman–Crippen MR) is 121 cm³/mol. The van der Waals surface area contributed by atoms with Crippen LogP contribution in [0.25, 0.3) is 0 Å². The van der Waals surface area contributed by atoms with Gasteiger partial charge in [0.05, 0.1) is 22.0 Å². The fourth-order valence-electron chi connectivity index (χ4n) is 3.59. The molecule has 0 atom stereocenters. The van der Waals surface area contributed by atoms with E-state index in [4.69, 9.17) is 27.6 Å². The molecule has 0 bridgehead atoms. The number of carbonyl (C=O) groups excluding carboxylic acids is 2. The molecule has 164 valence electrons. The van der Waals surface area contributed by atoms with Crippen LogP contribution in [0.2, 0.25) is 10.0 Å². The summed E-state index contributed by atoms with van der Waals surface area (Å²) < 4.78 is 19.7. The maximum absolute atomic E-state index is 13.8. The molecule has 0 unspecified atom stereocenters. The van der Waals surface area contributed by atoms with E-state index < -0.39 is 17.6 Å². The van der Waals surface area contributed by atoms with Crippen LogP contribution < -0.4 is 10.7 Å². The van der Waals surface area contributed by atoms with Crippen molar-refractivity contribution in [2.45, 2.75) is 26.2 Å². The molecule has 0 radical (unpaired) electrons. The van der Waals surface area contributed by atoms with Gasteiger partial charge in [0.2, 0.25) is 0 Å². The lowest BCUT2D eigenvalue weighted by atomic mass is 9.93. The lowest BCUT2D eigenvalue weighted by molar-refractivity contribution is 0.0949. The maximum atomic E-state index is 13.8. The summed E-state index contributed by atoms with van der Waals surface area (Å²) in [5.41, 5.74) is 4.50. The van der Waals surface area contributed by atoms with Crippen molar-refractivity contribution in [3.05, 3.63) is 86.5 Å². The fourth-order valence-corrected chi connectivity index (χ4v) is 3.93. The molecule has 2 amide bonds. The second-order valence-corrected chi connectivity index (χ2v) is 8.11. The molecule has 2 aromatic carbocycles. The van der Waals surface area contributed by atoms with Crippen molar-refractivity contribution < 1.29 is 18.4 Å². The molecule has 4 rings (SSSR count). The average Bonchev–Trinajstić information content (AvgIpc) is 3.12. The van der Waals surface area contributed by atoms with E-state index in [2.05, 4.69) is 15.8 Å². The van der Waals surface area contributed by atoms with Gasteiger partial charge in [-0.2, -0.15) is 5.10 Å². The van der Waals surface area contributed by atoms with Gasteiger partial charge in [0, 0.05) is 22.6 Å². The van der Waals surface area contributed by atoms with Crippen LogP contribution in [-0.4, -0.2) is 17.5 Å². The first kappa shape index (κ1) is 22.0. The minimum absolute atomic E-state index is 0.102. The summed E-state index contributed by atoms with van der Waals surface area (Å²) in [5, 5.41) is 7.69. The largest absolute Gasteiger partial charge is 0.455 e. The van der Waals surface area contributed by atoms with Gasteiger partial charge >= 0.3 is 0 Å². The van der Waals surface area contributed by atoms with Gasteiger partial charge in [-0.15, -0.1) is 0 Å². The number of halogens is 3. The zero-order valence-electron chi connectivity index (χ0n) is 17.0. The number of anilines is 1. The highest BCUT2D eigenvalue weighted by Gasteiger charge is 2.28. The zero-order valence-corrected chi connectivity index (χ0v) is 18.5. The zero-order chi connectivity index (χ0) is 22.8. The van der Waals surface area contributed by atoms with Crippen LogP contribution in [0.4, 0.5) is 10.1 Å². The fraction of sp³-hybridized carbons (Fsp3) is 0.174. The number of rotatable bonds is 4. The lowest BCUT2D eigenvalue weighted by Crippen LogP contribution is -2.23. The summed E-state index contributed by atoms with van der Waals surface area (Å²) in [7, 11) is 0. The summed E-state index contributed by atoms with van der Waals surface area (Å²) in [4.78, 5) is 25.2. The highest BCUT2D eigenvalue weighted by Crippen LogP contribution is 2.31. The highest BCUT2D eigenvalue weighted by atomic mass is 35.5. The second kappa shape index (κ2) is 9.14. The van der Waals surface area contributed by atoms with E-state index in [-0.39, 0.29) is 11.3 Å². The van der Waals surface area contributed by atoms with Crippen LogP contribution in [0.15, 0.2) is 52.0 Å². The Morgan fingerprint density at radius 1 is 1.09 bits per heavy atom. The number of nitrogens with one attached hydrogen (secondary N) is 2. The topological polar surface area (TPSA) is 83.7 Å². The van der Waals surface area contributed by atoms with Gasteiger partial charge in [-0.1, -0.05) is 35.3 Å². The highest BCUT2D eigenvalue weighted by molar-refractivity contribution is 6.35. The van der Waals surface area contributed by atoms with E-state index in [1.807, 2.05) is 0 Å². The average molecular weight is 474 g/mol. The summed E-state index contributed by atoms with van der Waals surface area (Å²) in [6, 6.07) is 10.4. The van der Waals surface area contributed by atoms with Crippen LogP contribution in [-0.2, 0) is 6.42 Å². The third kappa shape index (κ3) is 4.40. The summed E-state index contributed by atoms with van der Waals surface area (Å²) >= 11 is 12.1. The number of aryl methyl sites for hydroxylation is 1. The molecule has 0 saturated carbocycles. The maximum Gasteiger partial charge on any atom is 0.291 e. The van der Waals surface area contributed by atoms with Gasteiger partial charge in [0.15, 0.2) is 5.76 Å². The smallest absolute Gasteiger partial charge is 0.291 e. The van der Waals surface area contributed by atoms with E-state index in [1.54, 1.807) is 31.2 Å². The van der Waals surface area contributed by atoms with Crippen LogP contribution in [0.3, 0.4) is 0 Å². The molecule has 9 heteroatoms. The first-order chi connectivity index (χ1) is 15.3. The second-order valence-electron chi connectivity index (χ2n) is 7.27. The van der Waals surface area contributed by atoms with E-state index >= 15 is 0 Å². The Labute approximate surface area is 193 Å². The van der Waals surface area contributed by atoms with Crippen LogP contribution >= 0.6 is 23.2 Å². The molecule has 1 heterocycles. The van der Waals surface area contributed by atoms with E-state index in [0.717, 1.165) is 6.42 Å². The number of hydrazone groups is 1. The Morgan fingerprint density at radius 3 is 2.66 bits per heavy atom. The Hall–Kier alpha value is -3.16. The van der Waals surface area contributed by atoms with E-state index in [9.17, 15) is 14.0 Å².